The Morgan fingerprint density at radius 3 is 2.42 bits per heavy atom. The predicted octanol–water partition coefficient (Wildman–Crippen LogP) is 2.83. The van der Waals surface area contributed by atoms with Gasteiger partial charge in [-0.1, -0.05) is 18.2 Å². The number of hydrogen-bond acceptors (Lipinski definition) is 4. The number of aliphatic hydroxyl groups excluding tert-OH is 1. The van der Waals surface area contributed by atoms with Gasteiger partial charge < -0.3 is 10.0 Å². The van der Waals surface area contributed by atoms with E-state index in [0.29, 0.717) is 24.3 Å². The Labute approximate surface area is 112 Å². The van der Waals surface area contributed by atoms with Crippen LogP contribution in [0.4, 0.5) is 11.4 Å². The third-order valence-corrected chi connectivity index (χ3v) is 2.72. The van der Waals surface area contributed by atoms with E-state index < -0.39 is 11.0 Å². The summed E-state index contributed by atoms with van der Waals surface area (Å²) in [6, 6.07) is 4.73. The molecule has 19 heavy (non-hydrogen) atoms. The fourth-order valence-electron chi connectivity index (χ4n) is 1.80. The summed E-state index contributed by atoms with van der Waals surface area (Å²) in [6.45, 7) is 9.83. The molecule has 5 heteroatoms. The van der Waals surface area contributed by atoms with Gasteiger partial charge in [-0.15, -0.1) is 13.2 Å². The smallest absolute Gasteiger partial charge is 0.292 e. The minimum Gasteiger partial charge on any atom is -0.389 e. The Morgan fingerprint density at radius 2 is 2.00 bits per heavy atom. The number of nitro groups is 1. The van der Waals surface area contributed by atoms with Crippen LogP contribution in [0.1, 0.15) is 18.6 Å². The Morgan fingerprint density at radius 1 is 1.42 bits per heavy atom. The van der Waals surface area contributed by atoms with E-state index in [1.54, 1.807) is 36.1 Å². The molecule has 1 rings (SSSR count). The normalized spacial score (nSPS) is 11.7. The molecular formula is C14H18N2O3. The van der Waals surface area contributed by atoms with Crippen molar-refractivity contribution in [1.82, 2.24) is 0 Å². The second-order valence-corrected chi connectivity index (χ2v) is 4.16. The van der Waals surface area contributed by atoms with Gasteiger partial charge >= 0.3 is 0 Å². The van der Waals surface area contributed by atoms with Crippen molar-refractivity contribution in [2.75, 3.05) is 18.0 Å². The molecule has 0 spiro atoms. The molecule has 0 unspecified atom stereocenters. The highest BCUT2D eigenvalue weighted by molar-refractivity contribution is 5.65. The fraction of sp³-hybridized carbons (Fsp3) is 0.286. The van der Waals surface area contributed by atoms with E-state index in [9.17, 15) is 15.2 Å². The molecule has 0 heterocycles. The van der Waals surface area contributed by atoms with Gasteiger partial charge in [-0.2, -0.15) is 0 Å². The zero-order valence-electron chi connectivity index (χ0n) is 11.0. The lowest BCUT2D eigenvalue weighted by Crippen LogP contribution is -2.24. The molecular weight excluding hydrogens is 244 g/mol. The average molecular weight is 262 g/mol. The highest BCUT2D eigenvalue weighted by Gasteiger charge is 2.19. The fourth-order valence-corrected chi connectivity index (χ4v) is 1.80. The maximum absolute atomic E-state index is 11.2. The number of aliphatic hydroxyl groups is 1. The lowest BCUT2D eigenvalue weighted by Gasteiger charge is -2.21. The molecule has 0 aliphatic carbocycles. The third-order valence-electron chi connectivity index (χ3n) is 2.72. The first-order valence-electron chi connectivity index (χ1n) is 5.94. The maximum atomic E-state index is 11.2. The summed E-state index contributed by atoms with van der Waals surface area (Å²) >= 11 is 0. The van der Waals surface area contributed by atoms with Crippen LogP contribution < -0.4 is 4.90 Å². The molecule has 0 fully saturated rings. The van der Waals surface area contributed by atoms with Crippen molar-refractivity contribution in [2.45, 2.75) is 13.0 Å². The molecule has 0 radical (unpaired) electrons. The van der Waals surface area contributed by atoms with Crippen LogP contribution in [0.25, 0.3) is 0 Å². The molecule has 1 aromatic carbocycles. The first-order chi connectivity index (χ1) is 9.01. The lowest BCUT2D eigenvalue weighted by atomic mass is 10.1. The van der Waals surface area contributed by atoms with Crippen molar-refractivity contribution in [3.63, 3.8) is 0 Å². The van der Waals surface area contributed by atoms with Crippen LogP contribution in [0.3, 0.4) is 0 Å². The van der Waals surface area contributed by atoms with Crippen LogP contribution in [0.15, 0.2) is 43.5 Å². The second-order valence-electron chi connectivity index (χ2n) is 4.16. The average Bonchev–Trinajstić information content (AvgIpc) is 2.37. The Kier molecular flexibility index (Phi) is 5.26. The summed E-state index contributed by atoms with van der Waals surface area (Å²) in [6.07, 6.45) is 2.62. The van der Waals surface area contributed by atoms with Gasteiger partial charge in [0.1, 0.15) is 5.69 Å². The minimum atomic E-state index is -0.736. The van der Waals surface area contributed by atoms with Gasteiger partial charge in [0, 0.05) is 19.2 Å². The predicted molar refractivity (Wildman–Crippen MR) is 76.3 cm³/mol. The number of benzene rings is 1. The maximum Gasteiger partial charge on any atom is 0.292 e. The van der Waals surface area contributed by atoms with Crippen LogP contribution in [0, 0.1) is 10.1 Å². The van der Waals surface area contributed by atoms with Gasteiger partial charge in [0.25, 0.3) is 5.69 Å². The monoisotopic (exact) mass is 262 g/mol. The zero-order chi connectivity index (χ0) is 14.4. The summed E-state index contributed by atoms with van der Waals surface area (Å²) in [4.78, 5) is 12.5. The first kappa shape index (κ1) is 14.9. The summed E-state index contributed by atoms with van der Waals surface area (Å²) in [5, 5.41) is 20.7. The van der Waals surface area contributed by atoms with Crippen molar-refractivity contribution in [3.05, 3.63) is 59.2 Å². The quantitative estimate of drug-likeness (QED) is 0.466. The molecule has 1 aromatic rings. The van der Waals surface area contributed by atoms with E-state index in [-0.39, 0.29) is 5.69 Å². The third kappa shape index (κ3) is 3.66. The van der Waals surface area contributed by atoms with Crippen molar-refractivity contribution in [2.24, 2.45) is 0 Å². The molecule has 0 aliphatic rings. The SMILES string of the molecule is C=CCN(CC=C)c1ccc([C@@H](C)O)cc1[N+](=O)[O-]. The second kappa shape index (κ2) is 6.70. The van der Waals surface area contributed by atoms with E-state index in [1.165, 1.54) is 6.07 Å². The molecule has 0 aromatic heterocycles. The Hall–Kier alpha value is -2.14. The van der Waals surface area contributed by atoms with Gasteiger partial charge in [0.2, 0.25) is 0 Å². The van der Waals surface area contributed by atoms with Gasteiger partial charge in [-0.05, 0) is 18.6 Å². The Bertz CT molecular complexity index is 474. The standard InChI is InChI=1S/C14H18N2O3/c1-4-8-15(9-5-2)13-7-6-12(11(3)17)10-14(13)16(18)19/h4-7,10-11,17H,1-2,8-9H2,3H3/t11-/m1/s1. The Balaban J connectivity index is 3.27. The van der Waals surface area contributed by atoms with Gasteiger partial charge in [0.05, 0.1) is 11.0 Å². The lowest BCUT2D eigenvalue weighted by molar-refractivity contribution is -0.384. The molecule has 0 saturated carbocycles. The van der Waals surface area contributed by atoms with Crippen LogP contribution in [-0.4, -0.2) is 23.1 Å². The number of rotatable bonds is 7. The van der Waals surface area contributed by atoms with E-state index in [4.69, 9.17) is 0 Å². The van der Waals surface area contributed by atoms with E-state index in [0.717, 1.165) is 0 Å². The number of anilines is 1. The molecule has 1 N–H and O–H groups in total. The highest BCUT2D eigenvalue weighted by Crippen LogP contribution is 2.31. The summed E-state index contributed by atoms with van der Waals surface area (Å²) < 4.78 is 0. The summed E-state index contributed by atoms with van der Waals surface area (Å²) in [5.41, 5.74) is 0.990. The number of nitrogens with zero attached hydrogens (tertiary/aromatic N) is 2. The molecule has 102 valence electrons. The number of hydrogen-bond donors (Lipinski definition) is 1. The largest absolute Gasteiger partial charge is 0.389 e. The minimum absolute atomic E-state index is 0.0258. The molecule has 0 bridgehead atoms. The molecule has 5 nitrogen and oxygen atoms in total. The zero-order valence-corrected chi connectivity index (χ0v) is 11.0. The van der Waals surface area contributed by atoms with Crippen LogP contribution in [0.2, 0.25) is 0 Å². The molecule has 0 aliphatic heterocycles. The van der Waals surface area contributed by atoms with Crippen LogP contribution in [-0.2, 0) is 0 Å². The molecule has 1 atom stereocenters. The summed E-state index contributed by atoms with van der Waals surface area (Å²) in [7, 11) is 0. The first-order valence-corrected chi connectivity index (χ1v) is 5.94. The number of nitro benzene ring substituents is 1. The van der Waals surface area contributed by atoms with E-state index in [2.05, 4.69) is 13.2 Å². The van der Waals surface area contributed by atoms with Gasteiger partial charge in [-0.25, -0.2) is 0 Å². The molecule has 0 amide bonds. The van der Waals surface area contributed by atoms with Gasteiger partial charge in [0.15, 0.2) is 0 Å². The topological polar surface area (TPSA) is 66.6 Å². The van der Waals surface area contributed by atoms with E-state index in [1.807, 2.05) is 0 Å². The molecule has 0 saturated heterocycles. The van der Waals surface area contributed by atoms with Crippen LogP contribution >= 0.6 is 0 Å². The van der Waals surface area contributed by atoms with E-state index >= 15 is 0 Å². The van der Waals surface area contributed by atoms with Gasteiger partial charge in [-0.3, -0.25) is 10.1 Å². The van der Waals surface area contributed by atoms with Crippen molar-refractivity contribution in [1.29, 1.82) is 0 Å². The van der Waals surface area contributed by atoms with Crippen molar-refractivity contribution < 1.29 is 10.0 Å². The summed E-state index contributed by atoms with van der Waals surface area (Å²) in [5.74, 6) is 0. The van der Waals surface area contributed by atoms with Crippen molar-refractivity contribution in [3.8, 4) is 0 Å². The van der Waals surface area contributed by atoms with Crippen molar-refractivity contribution >= 4 is 11.4 Å². The van der Waals surface area contributed by atoms with Crippen LogP contribution in [0.5, 0.6) is 0 Å². The highest BCUT2D eigenvalue weighted by atomic mass is 16.6.